The summed E-state index contributed by atoms with van der Waals surface area (Å²) in [6.45, 7) is 7.92. The molecule has 2 aromatic carbocycles. The molecule has 4 aromatic heterocycles. The molecule has 0 aliphatic rings. The lowest BCUT2D eigenvalue weighted by atomic mass is 10.0. The fourth-order valence-corrected chi connectivity index (χ4v) is 5.23. The molecule has 0 fully saturated rings. The maximum absolute atomic E-state index is 12.5. The lowest BCUT2D eigenvalue weighted by molar-refractivity contribution is 0.103. The Morgan fingerprint density at radius 3 is 2.44 bits per heavy atom. The van der Waals surface area contributed by atoms with Crippen molar-refractivity contribution in [1.29, 1.82) is 0 Å². The molecule has 0 amide bonds. The van der Waals surface area contributed by atoms with Crippen molar-refractivity contribution in [3.8, 4) is 0 Å². The van der Waals surface area contributed by atoms with Gasteiger partial charge in [0.25, 0.3) is 0 Å². The maximum atomic E-state index is 12.5. The van der Waals surface area contributed by atoms with Gasteiger partial charge in [-0.1, -0.05) is 44.9 Å². The largest absolute Gasteiger partial charge is 0.417 e. The zero-order valence-electron chi connectivity index (χ0n) is 23.5. The maximum Gasteiger partial charge on any atom is 0.417 e. The number of H-pyrrole nitrogens is 2. The summed E-state index contributed by atoms with van der Waals surface area (Å²) in [5.74, 6) is -0.769. The van der Waals surface area contributed by atoms with Gasteiger partial charge in [-0.15, -0.1) is 0 Å². The van der Waals surface area contributed by atoms with Gasteiger partial charge < -0.3 is 9.40 Å². The molecule has 0 saturated heterocycles. The molecule has 10 heteroatoms. The Bertz CT molecular complexity index is 1970. The van der Waals surface area contributed by atoms with E-state index in [2.05, 4.69) is 38.8 Å². The topological polar surface area (TPSA) is 140 Å². The zero-order chi connectivity index (χ0) is 29.1. The highest BCUT2D eigenvalue weighted by Gasteiger charge is 2.18. The van der Waals surface area contributed by atoms with Crippen LogP contribution in [0, 0.1) is 13.8 Å². The van der Waals surface area contributed by atoms with Crippen LogP contribution in [-0.2, 0) is 0 Å². The van der Waals surface area contributed by atoms with Crippen LogP contribution < -0.4 is 11.4 Å². The Hall–Kier alpha value is -4.86. The van der Waals surface area contributed by atoms with Crippen LogP contribution in [0.15, 0.2) is 69.0 Å². The molecule has 0 bridgehead atoms. The first-order valence-electron chi connectivity index (χ1n) is 13.8. The number of hydrogen-bond acceptors (Lipinski definition) is 7. The monoisotopic (exact) mass is 552 g/mol. The van der Waals surface area contributed by atoms with E-state index in [0.717, 1.165) is 53.2 Å². The van der Waals surface area contributed by atoms with Gasteiger partial charge >= 0.3 is 11.4 Å². The van der Waals surface area contributed by atoms with E-state index in [1.807, 2.05) is 35.0 Å². The van der Waals surface area contributed by atoms with Gasteiger partial charge in [-0.3, -0.25) is 19.3 Å². The first-order chi connectivity index (χ1) is 19.8. The number of pyridine rings is 1. The fourth-order valence-electron chi connectivity index (χ4n) is 5.23. The van der Waals surface area contributed by atoms with Gasteiger partial charge in [0, 0.05) is 22.7 Å². The molecular weight excluding hydrogens is 520 g/mol. The third-order valence-corrected chi connectivity index (χ3v) is 7.10. The molecule has 0 spiro atoms. The van der Waals surface area contributed by atoms with E-state index in [9.17, 15) is 14.4 Å². The number of aromatic amines is 2. The minimum absolute atomic E-state index is 0.0185. The number of aromatic nitrogens is 6. The van der Waals surface area contributed by atoms with Crippen molar-refractivity contribution >= 4 is 38.8 Å². The van der Waals surface area contributed by atoms with Gasteiger partial charge in [0.2, 0.25) is 5.78 Å². The molecule has 4 heterocycles. The lowest BCUT2D eigenvalue weighted by Gasteiger charge is -2.17. The molecular formula is C31H32N6O4. The van der Waals surface area contributed by atoms with E-state index >= 15 is 0 Å². The fraction of sp³-hybridized carbons (Fsp3) is 0.290. The molecule has 0 atom stereocenters. The predicted molar refractivity (Wildman–Crippen MR) is 158 cm³/mol. The second-order valence-corrected chi connectivity index (χ2v) is 10.1. The van der Waals surface area contributed by atoms with Crippen molar-refractivity contribution in [1.82, 2.24) is 29.5 Å². The third kappa shape index (κ3) is 5.58. The number of rotatable bonds is 7. The molecule has 41 heavy (non-hydrogen) atoms. The minimum atomic E-state index is -0.537. The molecule has 0 unspecified atom stereocenters. The van der Waals surface area contributed by atoms with Crippen molar-refractivity contribution in [3.63, 3.8) is 0 Å². The Morgan fingerprint density at radius 2 is 1.71 bits per heavy atom. The number of carbonyl (C=O) groups is 1. The Morgan fingerprint density at radius 1 is 0.951 bits per heavy atom. The molecule has 0 aliphatic heterocycles. The molecule has 0 aliphatic carbocycles. The summed E-state index contributed by atoms with van der Waals surface area (Å²) >= 11 is 0. The number of carbonyl (C=O) groups excluding carboxylic acids is 1. The smallest absolute Gasteiger partial charge is 0.408 e. The summed E-state index contributed by atoms with van der Waals surface area (Å²) in [6, 6.07) is 13.0. The number of benzene rings is 2. The van der Waals surface area contributed by atoms with Crippen LogP contribution in [-0.4, -0.2) is 35.3 Å². The van der Waals surface area contributed by atoms with Crippen molar-refractivity contribution < 1.29 is 9.21 Å². The molecule has 6 aromatic rings. The van der Waals surface area contributed by atoms with Gasteiger partial charge in [-0.25, -0.2) is 19.6 Å². The molecule has 2 N–H and O–H groups in total. The Kier molecular flexibility index (Phi) is 7.91. The van der Waals surface area contributed by atoms with Crippen molar-refractivity contribution in [2.75, 3.05) is 0 Å². The molecule has 6 rings (SSSR count). The van der Waals surface area contributed by atoms with Crippen molar-refractivity contribution in [3.05, 3.63) is 98.5 Å². The van der Waals surface area contributed by atoms with Gasteiger partial charge in [0.1, 0.15) is 12.0 Å². The van der Waals surface area contributed by atoms with E-state index in [0.29, 0.717) is 28.1 Å². The second kappa shape index (κ2) is 11.7. The van der Waals surface area contributed by atoms with Crippen LogP contribution in [0.3, 0.4) is 0 Å². The highest BCUT2D eigenvalue weighted by Crippen LogP contribution is 2.26. The number of oxazole rings is 1. The van der Waals surface area contributed by atoms with Crippen molar-refractivity contribution in [2.24, 2.45) is 0 Å². The van der Waals surface area contributed by atoms with Gasteiger partial charge in [0.05, 0.1) is 28.3 Å². The normalized spacial score (nSPS) is 11.3. The van der Waals surface area contributed by atoms with Crippen LogP contribution in [0.25, 0.3) is 33.0 Å². The van der Waals surface area contributed by atoms with E-state index < -0.39 is 5.76 Å². The minimum Gasteiger partial charge on any atom is -0.408 e. The second-order valence-electron chi connectivity index (χ2n) is 10.1. The first-order valence-corrected chi connectivity index (χ1v) is 13.8. The molecule has 10 nitrogen and oxygen atoms in total. The summed E-state index contributed by atoms with van der Waals surface area (Å²) in [5.41, 5.74) is 5.92. The van der Waals surface area contributed by atoms with Crippen LogP contribution in [0.4, 0.5) is 0 Å². The van der Waals surface area contributed by atoms with E-state index in [-0.39, 0.29) is 17.5 Å². The number of aryl methyl sites for hydroxylation is 2. The standard InChI is InChI=1S/C17H21N3O.C14H11N3O3/c1-3-7-12(8-4-2)20-15-11-18-14-10-6-5-9-13(14)16(15)19-17(20)21;1-7-3-9(5-11-12(7)17-14(19)20-11)13(18)10-4-8(2)15-6-16-10/h5-6,9-12H,3-4,7-8H2,1-2H3,(H,19,21);3-6H,1-2H3,(H,17,19). The van der Waals surface area contributed by atoms with Gasteiger partial charge in [0.15, 0.2) is 5.58 Å². The predicted octanol–water partition coefficient (Wildman–Crippen LogP) is 5.78. The quantitative estimate of drug-likeness (QED) is 0.239. The van der Waals surface area contributed by atoms with Crippen molar-refractivity contribution in [2.45, 2.75) is 59.4 Å². The number of para-hydroxylation sites is 1. The summed E-state index contributed by atoms with van der Waals surface area (Å²) in [5, 5.41) is 1.01. The Balaban J connectivity index is 0.000000165. The van der Waals surface area contributed by atoms with Crippen LogP contribution >= 0.6 is 0 Å². The van der Waals surface area contributed by atoms with Crippen LogP contribution in [0.5, 0.6) is 0 Å². The number of nitrogens with one attached hydrogen (secondary N) is 2. The summed E-state index contributed by atoms with van der Waals surface area (Å²) in [6.07, 6.45) is 7.37. The summed E-state index contributed by atoms with van der Waals surface area (Å²) in [4.78, 5) is 54.1. The van der Waals surface area contributed by atoms with Crippen LogP contribution in [0.1, 0.15) is 72.9 Å². The highest BCUT2D eigenvalue weighted by atomic mass is 16.4. The van der Waals surface area contributed by atoms with E-state index in [1.54, 1.807) is 32.0 Å². The zero-order valence-corrected chi connectivity index (χ0v) is 23.5. The average Bonchev–Trinajstić information content (AvgIpc) is 3.51. The molecule has 210 valence electrons. The van der Waals surface area contributed by atoms with Crippen LogP contribution in [0.2, 0.25) is 0 Å². The number of fused-ring (bicyclic) bond motifs is 4. The SMILES string of the molecule is CCCC(CCC)n1c(=O)[nH]c2c3ccccc3ncc21.Cc1cc(C(=O)c2cc(C)c3[nH]c(=O)oc3c2)ncn1. The van der Waals surface area contributed by atoms with E-state index in [1.165, 1.54) is 6.33 Å². The lowest BCUT2D eigenvalue weighted by Crippen LogP contribution is -2.22. The number of imidazole rings is 1. The van der Waals surface area contributed by atoms with E-state index in [4.69, 9.17) is 4.42 Å². The highest BCUT2D eigenvalue weighted by molar-refractivity contribution is 6.09. The number of nitrogens with zero attached hydrogens (tertiary/aromatic N) is 4. The average molecular weight is 553 g/mol. The summed E-state index contributed by atoms with van der Waals surface area (Å²) in [7, 11) is 0. The van der Waals surface area contributed by atoms with Gasteiger partial charge in [-0.05, 0) is 56.5 Å². The number of hydrogen-bond donors (Lipinski definition) is 2. The van der Waals surface area contributed by atoms with Gasteiger partial charge in [-0.2, -0.15) is 0 Å². The molecule has 0 saturated carbocycles. The summed E-state index contributed by atoms with van der Waals surface area (Å²) < 4.78 is 6.91. The third-order valence-electron chi connectivity index (χ3n) is 7.10. The number of ketones is 1. The Labute approximate surface area is 235 Å². The first kappa shape index (κ1) is 27.7. The molecule has 0 radical (unpaired) electrons.